The molecule has 1 aliphatic heterocycles. The Hall–Kier alpha value is -1.68. The summed E-state index contributed by atoms with van der Waals surface area (Å²) in [6, 6.07) is 7.37. The number of methoxy groups -OCH3 is 1. The molecule has 0 atom stereocenters. The van der Waals surface area contributed by atoms with Gasteiger partial charge in [-0.15, -0.1) is 0 Å². The van der Waals surface area contributed by atoms with E-state index in [4.69, 9.17) is 9.47 Å². The van der Waals surface area contributed by atoms with Gasteiger partial charge in [0.25, 0.3) is 0 Å². The third-order valence-electron chi connectivity index (χ3n) is 4.23. The monoisotopic (exact) mass is 385 g/mol. The lowest BCUT2D eigenvalue weighted by atomic mass is 10.2. The van der Waals surface area contributed by atoms with E-state index in [0.29, 0.717) is 25.5 Å². The van der Waals surface area contributed by atoms with Crippen LogP contribution >= 0.6 is 0 Å². The summed E-state index contributed by atoms with van der Waals surface area (Å²) < 4.78 is 35.7. The summed E-state index contributed by atoms with van der Waals surface area (Å²) in [5.74, 6) is 0.336. The molecule has 0 unspecified atom stereocenters. The Morgan fingerprint density at radius 2 is 2.00 bits per heavy atom. The molecule has 1 fully saturated rings. The number of sulfonamides is 1. The number of rotatable bonds is 9. The van der Waals surface area contributed by atoms with E-state index < -0.39 is 10.0 Å². The van der Waals surface area contributed by atoms with Crippen molar-refractivity contribution in [3.05, 3.63) is 29.8 Å². The van der Waals surface area contributed by atoms with Crippen molar-refractivity contribution in [2.45, 2.75) is 6.54 Å². The molecule has 1 aromatic carbocycles. The number of hydrogen-bond acceptors (Lipinski definition) is 6. The number of para-hydroxylation sites is 1. The first-order valence-electron chi connectivity index (χ1n) is 8.54. The number of amides is 1. The molecule has 0 spiro atoms. The molecule has 0 aliphatic carbocycles. The van der Waals surface area contributed by atoms with Crippen LogP contribution in [-0.4, -0.2) is 82.8 Å². The molecule has 8 nitrogen and oxygen atoms in total. The van der Waals surface area contributed by atoms with Crippen molar-refractivity contribution in [1.29, 1.82) is 0 Å². The van der Waals surface area contributed by atoms with Gasteiger partial charge in [0.1, 0.15) is 5.75 Å². The van der Waals surface area contributed by atoms with Crippen LogP contribution in [0.4, 0.5) is 0 Å². The van der Waals surface area contributed by atoms with Crippen molar-refractivity contribution in [1.82, 2.24) is 14.5 Å². The van der Waals surface area contributed by atoms with Crippen molar-refractivity contribution in [3.8, 4) is 5.75 Å². The first kappa shape index (κ1) is 20.6. The molecule has 1 heterocycles. The molecule has 0 saturated carbocycles. The number of hydrogen-bond donors (Lipinski definition) is 1. The summed E-state index contributed by atoms with van der Waals surface area (Å²) in [4.78, 5) is 14.4. The average Bonchev–Trinajstić information content (AvgIpc) is 2.63. The Labute approximate surface area is 155 Å². The highest BCUT2D eigenvalue weighted by Gasteiger charge is 2.21. The minimum absolute atomic E-state index is 0.196. The van der Waals surface area contributed by atoms with Crippen LogP contribution in [0.25, 0.3) is 0 Å². The minimum Gasteiger partial charge on any atom is -0.496 e. The molecule has 1 saturated heterocycles. The smallest absolute Gasteiger partial charge is 0.235 e. The highest BCUT2D eigenvalue weighted by atomic mass is 32.2. The maximum absolute atomic E-state index is 12.2. The molecule has 26 heavy (non-hydrogen) atoms. The topological polar surface area (TPSA) is 88.2 Å². The van der Waals surface area contributed by atoms with Gasteiger partial charge in [-0.2, -0.15) is 4.31 Å². The highest BCUT2D eigenvalue weighted by Crippen LogP contribution is 2.16. The van der Waals surface area contributed by atoms with E-state index in [0.717, 1.165) is 24.9 Å². The highest BCUT2D eigenvalue weighted by molar-refractivity contribution is 7.88. The zero-order valence-corrected chi connectivity index (χ0v) is 16.1. The van der Waals surface area contributed by atoms with Gasteiger partial charge < -0.3 is 14.8 Å². The quantitative estimate of drug-likeness (QED) is 0.639. The summed E-state index contributed by atoms with van der Waals surface area (Å²) >= 11 is 0. The third-order valence-corrected chi connectivity index (χ3v) is 5.48. The van der Waals surface area contributed by atoms with E-state index in [1.165, 1.54) is 4.31 Å². The second-order valence-electron chi connectivity index (χ2n) is 6.14. The number of carbonyl (C=O) groups excluding carboxylic acids is 1. The van der Waals surface area contributed by atoms with Crippen LogP contribution in [0.15, 0.2) is 24.3 Å². The van der Waals surface area contributed by atoms with E-state index >= 15 is 0 Å². The number of ether oxygens (including phenoxy) is 2. The van der Waals surface area contributed by atoms with Crippen LogP contribution in [0.3, 0.4) is 0 Å². The van der Waals surface area contributed by atoms with Crippen molar-refractivity contribution in [3.63, 3.8) is 0 Å². The summed E-state index contributed by atoms with van der Waals surface area (Å²) in [6.07, 6.45) is 1.12. The lowest BCUT2D eigenvalue weighted by Gasteiger charge is -2.29. The van der Waals surface area contributed by atoms with Crippen molar-refractivity contribution in [2.75, 3.05) is 59.3 Å². The molecule has 0 radical (unpaired) electrons. The predicted molar refractivity (Wildman–Crippen MR) is 98.5 cm³/mol. The fourth-order valence-corrected chi connectivity index (χ4v) is 3.46. The van der Waals surface area contributed by atoms with Crippen molar-refractivity contribution < 1.29 is 22.7 Å². The molecule has 0 aromatic heterocycles. The van der Waals surface area contributed by atoms with Gasteiger partial charge in [-0.25, -0.2) is 8.42 Å². The van der Waals surface area contributed by atoms with Crippen LogP contribution in [0.1, 0.15) is 5.56 Å². The maximum atomic E-state index is 12.2. The third kappa shape index (κ3) is 6.56. The van der Waals surface area contributed by atoms with Gasteiger partial charge in [-0.05, 0) is 6.07 Å². The fraction of sp³-hybridized carbons (Fsp3) is 0.588. The van der Waals surface area contributed by atoms with Gasteiger partial charge in [0.2, 0.25) is 15.9 Å². The SMILES string of the molecule is COc1ccccc1CNC(=O)CN(CCN1CCOCC1)S(C)(=O)=O. The Morgan fingerprint density at radius 1 is 1.31 bits per heavy atom. The standard InChI is InChI=1S/C17H27N3O5S/c1-24-16-6-4-3-5-15(16)13-18-17(21)14-20(26(2,22)23)8-7-19-9-11-25-12-10-19/h3-6H,7-14H2,1-2H3,(H,18,21). The predicted octanol–water partition coefficient (Wildman–Crippen LogP) is -0.0948. The average molecular weight is 385 g/mol. The normalized spacial score (nSPS) is 15.8. The lowest BCUT2D eigenvalue weighted by Crippen LogP contribution is -2.45. The second-order valence-corrected chi connectivity index (χ2v) is 8.12. The lowest BCUT2D eigenvalue weighted by molar-refractivity contribution is -0.121. The molecular formula is C17H27N3O5S. The molecule has 2 rings (SSSR count). The van der Waals surface area contributed by atoms with E-state index in [2.05, 4.69) is 10.2 Å². The van der Waals surface area contributed by atoms with Gasteiger partial charge in [-0.3, -0.25) is 9.69 Å². The van der Waals surface area contributed by atoms with Gasteiger partial charge in [0.15, 0.2) is 0 Å². The fourth-order valence-electron chi connectivity index (χ4n) is 2.70. The van der Waals surface area contributed by atoms with Crippen LogP contribution in [0.2, 0.25) is 0 Å². The van der Waals surface area contributed by atoms with Gasteiger partial charge in [0, 0.05) is 38.3 Å². The zero-order chi connectivity index (χ0) is 19.0. The van der Waals surface area contributed by atoms with E-state index in [-0.39, 0.29) is 25.5 Å². The molecule has 146 valence electrons. The molecule has 1 N–H and O–H groups in total. The number of nitrogens with zero attached hydrogens (tertiary/aromatic N) is 2. The Balaban J connectivity index is 1.87. The largest absolute Gasteiger partial charge is 0.496 e. The van der Waals surface area contributed by atoms with E-state index in [1.807, 2.05) is 24.3 Å². The molecule has 1 aliphatic rings. The number of benzene rings is 1. The van der Waals surface area contributed by atoms with Crippen molar-refractivity contribution in [2.24, 2.45) is 0 Å². The number of morpholine rings is 1. The summed E-state index contributed by atoms with van der Waals surface area (Å²) in [7, 11) is -1.90. The molecule has 9 heteroatoms. The Bertz CT molecular complexity index is 689. The summed E-state index contributed by atoms with van der Waals surface area (Å²) in [5, 5.41) is 2.76. The van der Waals surface area contributed by atoms with Gasteiger partial charge in [0.05, 0.1) is 33.1 Å². The van der Waals surface area contributed by atoms with E-state index in [9.17, 15) is 13.2 Å². The van der Waals surface area contributed by atoms with Crippen LogP contribution in [0.5, 0.6) is 5.75 Å². The number of carbonyl (C=O) groups is 1. The minimum atomic E-state index is -3.47. The van der Waals surface area contributed by atoms with Gasteiger partial charge >= 0.3 is 0 Å². The first-order valence-corrected chi connectivity index (χ1v) is 10.4. The number of nitrogens with one attached hydrogen (secondary N) is 1. The Morgan fingerprint density at radius 3 is 2.65 bits per heavy atom. The van der Waals surface area contributed by atoms with Crippen LogP contribution < -0.4 is 10.1 Å². The van der Waals surface area contributed by atoms with Crippen LogP contribution in [0, 0.1) is 0 Å². The zero-order valence-electron chi connectivity index (χ0n) is 15.3. The Kier molecular flexibility index (Phi) is 7.83. The molecule has 0 bridgehead atoms. The molecule has 1 aromatic rings. The van der Waals surface area contributed by atoms with Gasteiger partial charge in [-0.1, -0.05) is 18.2 Å². The van der Waals surface area contributed by atoms with Crippen LogP contribution in [-0.2, 0) is 26.1 Å². The molecular weight excluding hydrogens is 358 g/mol. The summed E-state index contributed by atoms with van der Waals surface area (Å²) in [6.45, 7) is 3.80. The second kappa shape index (κ2) is 9.86. The maximum Gasteiger partial charge on any atom is 0.235 e. The van der Waals surface area contributed by atoms with Crippen molar-refractivity contribution >= 4 is 15.9 Å². The van der Waals surface area contributed by atoms with E-state index in [1.54, 1.807) is 7.11 Å². The summed E-state index contributed by atoms with van der Waals surface area (Å²) in [5.41, 5.74) is 0.836. The molecule has 1 amide bonds. The first-order chi connectivity index (χ1) is 12.4.